The van der Waals surface area contributed by atoms with E-state index >= 15 is 0 Å². The Kier molecular flexibility index (Phi) is 4.81. The first kappa shape index (κ1) is 14.0. The van der Waals surface area contributed by atoms with Crippen LogP contribution < -0.4 is 5.32 Å². The van der Waals surface area contributed by atoms with Crippen LogP contribution in [0.15, 0.2) is 15.9 Å². The van der Waals surface area contributed by atoms with Crippen LogP contribution in [0.4, 0.5) is 0 Å². The van der Waals surface area contributed by atoms with Gasteiger partial charge in [-0.15, -0.1) is 11.3 Å². The molecule has 2 atom stereocenters. The van der Waals surface area contributed by atoms with Crippen molar-refractivity contribution in [3.05, 3.63) is 20.8 Å². The first-order valence-corrected chi connectivity index (χ1v) is 7.95. The summed E-state index contributed by atoms with van der Waals surface area (Å²) in [5, 5.41) is 5.44. The second-order valence-electron chi connectivity index (χ2n) is 5.00. The molecule has 0 bridgehead atoms. The van der Waals surface area contributed by atoms with Gasteiger partial charge in [-0.05, 0) is 48.3 Å². The van der Waals surface area contributed by atoms with Gasteiger partial charge >= 0.3 is 0 Å². The fraction of sp³-hybridized carbons (Fsp3) is 0.615. The Hall–Kier alpha value is -0.390. The number of nitrogens with one attached hydrogen (secondary N) is 1. The van der Waals surface area contributed by atoms with Crippen LogP contribution >= 0.6 is 27.3 Å². The van der Waals surface area contributed by atoms with Gasteiger partial charge in [-0.1, -0.05) is 0 Å². The molecule has 2 rings (SSSR count). The van der Waals surface area contributed by atoms with Crippen LogP contribution in [0.5, 0.6) is 0 Å². The largest absolute Gasteiger partial charge is 0.340 e. The van der Waals surface area contributed by atoms with Crippen LogP contribution in [0.1, 0.15) is 24.6 Å². The quantitative estimate of drug-likeness (QED) is 0.924. The van der Waals surface area contributed by atoms with Gasteiger partial charge in [0, 0.05) is 33.7 Å². The van der Waals surface area contributed by atoms with Crippen molar-refractivity contribution in [2.45, 2.75) is 32.4 Å². The Balaban J connectivity index is 1.91. The molecule has 0 aromatic carbocycles. The van der Waals surface area contributed by atoms with E-state index in [4.69, 9.17) is 0 Å². The summed E-state index contributed by atoms with van der Waals surface area (Å²) in [5.74, 6) is 0.475. The number of rotatable bonds is 3. The first-order chi connectivity index (χ1) is 8.56. The van der Waals surface area contributed by atoms with Crippen LogP contribution in [0.2, 0.25) is 0 Å². The van der Waals surface area contributed by atoms with E-state index in [1.807, 2.05) is 11.9 Å². The highest BCUT2D eigenvalue weighted by atomic mass is 79.9. The molecule has 1 aliphatic rings. The predicted molar refractivity (Wildman–Crippen MR) is 78.7 cm³/mol. The second kappa shape index (κ2) is 6.17. The Bertz CT molecular complexity index is 421. The van der Waals surface area contributed by atoms with Crippen LogP contribution in [0.3, 0.4) is 0 Å². The number of carbonyl (C=O) groups is 1. The molecule has 2 heterocycles. The molecule has 1 aromatic heterocycles. The van der Waals surface area contributed by atoms with E-state index in [9.17, 15) is 4.79 Å². The van der Waals surface area contributed by atoms with E-state index in [1.165, 1.54) is 4.88 Å². The highest BCUT2D eigenvalue weighted by Crippen LogP contribution is 2.23. The Morgan fingerprint density at radius 3 is 3.06 bits per heavy atom. The minimum atomic E-state index is 0.189. The van der Waals surface area contributed by atoms with Gasteiger partial charge < -0.3 is 10.2 Å². The Labute approximate surface area is 121 Å². The average molecular weight is 331 g/mol. The van der Waals surface area contributed by atoms with Crippen molar-refractivity contribution in [1.82, 2.24) is 10.2 Å². The van der Waals surface area contributed by atoms with Gasteiger partial charge in [0.2, 0.25) is 5.91 Å². The van der Waals surface area contributed by atoms with Crippen molar-refractivity contribution in [2.75, 3.05) is 13.6 Å². The lowest BCUT2D eigenvalue weighted by Gasteiger charge is -2.30. The fourth-order valence-corrected chi connectivity index (χ4v) is 3.92. The van der Waals surface area contributed by atoms with E-state index in [0.717, 1.165) is 23.9 Å². The number of hydrogen-bond acceptors (Lipinski definition) is 3. The lowest BCUT2D eigenvalue weighted by atomic mass is 9.92. The zero-order valence-corrected chi connectivity index (χ0v) is 13.2. The molecule has 100 valence electrons. The van der Waals surface area contributed by atoms with Crippen molar-refractivity contribution in [2.24, 2.45) is 5.92 Å². The number of carbonyl (C=O) groups excluding carboxylic acids is 1. The molecule has 3 nitrogen and oxygen atoms in total. The molecule has 1 aromatic rings. The smallest absolute Gasteiger partial charge is 0.225 e. The predicted octanol–water partition coefficient (Wildman–Crippen LogP) is 2.86. The summed E-state index contributed by atoms with van der Waals surface area (Å²) in [6, 6.07) is 2.54. The molecular formula is C13H19BrN2OS. The van der Waals surface area contributed by atoms with E-state index < -0.39 is 0 Å². The number of hydrogen-bond donors (Lipinski definition) is 1. The maximum Gasteiger partial charge on any atom is 0.225 e. The SMILES string of the molecule is CC1CC(C(=O)N(C)Cc2cc(Br)cs2)CCN1. The topological polar surface area (TPSA) is 32.3 Å². The highest BCUT2D eigenvalue weighted by molar-refractivity contribution is 9.10. The minimum Gasteiger partial charge on any atom is -0.340 e. The summed E-state index contributed by atoms with van der Waals surface area (Å²) in [7, 11) is 1.91. The van der Waals surface area contributed by atoms with E-state index in [2.05, 4.69) is 39.6 Å². The Morgan fingerprint density at radius 2 is 2.44 bits per heavy atom. The van der Waals surface area contributed by atoms with E-state index in [0.29, 0.717) is 12.6 Å². The third-order valence-corrected chi connectivity index (χ3v) is 5.05. The van der Waals surface area contributed by atoms with Crippen molar-refractivity contribution < 1.29 is 4.79 Å². The monoisotopic (exact) mass is 330 g/mol. The molecule has 1 N–H and O–H groups in total. The molecule has 1 aliphatic heterocycles. The summed E-state index contributed by atoms with van der Waals surface area (Å²) >= 11 is 5.13. The van der Waals surface area contributed by atoms with Crippen molar-refractivity contribution >= 4 is 33.2 Å². The summed E-state index contributed by atoms with van der Waals surface area (Å²) in [5.41, 5.74) is 0. The van der Waals surface area contributed by atoms with E-state index in [-0.39, 0.29) is 11.8 Å². The number of nitrogens with zero attached hydrogens (tertiary/aromatic N) is 1. The molecule has 1 fully saturated rings. The number of amides is 1. The molecule has 18 heavy (non-hydrogen) atoms. The second-order valence-corrected chi connectivity index (χ2v) is 6.91. The van der Waals surface area contributed by atoms with Gasteiger partial charge in [0.15, 0.2) is 0 Å². The van der Waals surface area contributed by atoms with Gasteiger partial charge in [-0.2, -0.15) is 0 Å². The molecule has 1 saturated heterocycles. The lowest BCUT2D eigenvalue weighted by Crippen LogP contribution is -2.42. The Morgan fingerprint density at radius 1 is 1.67 bits per heavy atom. The van der Waals surface area contributed by atoms with Gasteiger partial charge in [-0.3, -0.25) is 4.79 Å². The zero-order valence-electron chi connectivity index (χ0n) is 10.8. The molecule has 2 unspecified atom stereocenters. The van der Waals surface area contributed by atoms with Crippen LogP contribution in [0.25, 0.3) is 0 Å². The third kappa shape index (κ3) is 3.56. The van der Waals surface area contributed by atoms with Gasteiger partial charge in [0.1, 0.15) is 0 Å². The number of thiophene rings is 1. The number of halogens is 1. The van der Waals surface area contributed by atoms with Crippen LogP contribution in [-0.4, -0.2) is 30.4 Å². The number of piperidine rings is 1. The summed E-state index contributed by atoms with van der Waals surface area (Å²) in [4.78, 5) is 15.4. The first-order valence-electron chi connectivity index (χ1n) is 6.27. The van der Waals surface area contributed by atoms with E-state index in [1.54, 1.807) is 11.3 Å². The molecule has 0 radical (unpaired) electrons. The summed E-state index contributed by atoms with van der Waals surface area (Å²) in [6.45, 7) is 3.82. The standard InChI is InChI=1S/C13H19BrN2OS/c1-9-5-10(3-4-15-9)13(17)16(2)7-12-6-11(14)8-18-12/h6,8-10,15H,3-5,7H2,1-2H3. The highest BCUT2D eigenvalue weighted by Gasteiger charge is 2.27. The van der Waals surface area contributed by atoms with Gasteiger partial charge in [-0.25, -0.2) is 0 Å². The van der Waals surface area contributed by atoms with Crippen molar-refractivity contribution in [3.63, 3.8) is 0 Å². The molecule has 0 aliphatic carbocycles. The minimum absolute atomic E-state index is 0.189. The molecule has 5 heteroatoms. The summed E-state index contributed by atoms with van der Waals surface area (Å²) < 4.78 is 1.10. The average Bonchev–Trinajstić information content (AvgIpc) is 2.73. The fourth-order valence-electron chi connectivity index (χ4n) is 2.42. The van der Waals surface area contributed by atoms with Gasteiger partial charge in [0.05, 0.1) is 6.54 Å². The third-order valence-electron chi connectivity index (χ3n) is 3.36. The van der Waals surface area contributed by atoms with Gasteiger partial charge in [0.25, 0.3) is 0 Å². The van der Waals surface area contributed by atoms with Crippen molar-refractivity contribution in [3.8, 4) is 0 Å². The molecular weight excluding hydrogens is 312 g/mol. The maximum atomic E-state index is 12.3. The zero-order chi connectivity index (χ0) is 13.1. The molecule has 0 saturated carbocycles. The van der Waals surface area contributed by atoms with Crippen LogP contribution in [-0.2, 0) is 11.3 Å². The summed E-state index contributed by atoms with van der Waals surface area (Å²) in [6.07, 6.45) is 1.92. The lowest BCUT2D eigenvalue weighted by molar-refractivity contribution is -0.135. The van der Waals surface area contributed by atoms with Crippen molar-refractivity contribution in [1.29, 1.82) is 0 Å². The maximum absolute atomic E-state index is 12.3. The van der Waals surface area contributed by atoms with Crippen LogP contribution in [0, 0.1) is 5.92 Å². The molecule has 1 amide bonds. The normalized spacial score (nSPS) is 23.9. The molecule has 0 spiro atoms.